The van der Waals surface area contributed by atoms with Gasteiger partial charge in [0.2, 0.25) is 0 Å². The molecule has 3 heteroatoms. The van der Waals surface area contributed by atoms with Crippen molar-refractivity contribution in [2.45, 2.75) is 6.54 Å². The Kier molecular flexibility index (Phi) is 4.23. The smallest absolute Gasteiger partial charge is 0.0400 e. The van der Waals surface area contributed by atoms with Gasteiger partial charge in [0.15, 0.2) is 0 Å². The number of hydrogen-bond acceptors (Lipinski definition) is 1. The van der Waals surface area contributed by atoms with Crippen LogP contribution in [0.1, 0.15) is 5.56 Å². The van der Waals surface area contributed by atoms with Crippen molar-refractivity contribution in [2.24, 2.45) is 0 Å². The second-order valence-corrected chi connectivity index (χ2v) is 5.48. The minimum absolute atomic E-state index is 0.860. The number of rotatable bonds is 3. The maximum atomic E-state index is 3.49. The summed E-state index contributed by atoms with van der Waals surface area (Å²) in [5.41, 5.74) is 2.44. The Morgan fingerprint density at radius 1 is 1.06 bits per heavy atom. The lowest BCUT2D eigenvalue weighted by Gasteiger charge is -2.07. The summed E-state index contributed by atoms with van der Waals surface area (Å²) in [4.78, 5) is 0. The van der Waals surface area contributed by atoms with E-state index in [2.05, 4.69) is 86.3 Å². The summed E-state index contributed by atoms with van der Waals surface area (Å²) < 4.78 is 2.36. The lowest BCUT2D eigenvalue weighted by atomic mass is 10.2. The van der Waals surface area contributed by atoms with Crippen LogP contribution in [0.5, 0.6) is 0 Å². The van der Waals surface area contributed by atoms with Crippen LogP contribution in [-0.4, -0.2) is 0 Å². The van der Waals surface area contributed by atoms with Gasteiger partial charge < -0.3 is 5.32 Å². The van der Waals surface area contributed by atoms with E-state index in [0.29, 0.717) is 0 Å². The van der Waals surface area contributed by atoms with Gasteiger partial charge in [0, 0.05) is 20.3 Å². The average molecular weight is 388 g/mol. The van der Waals surface area contributed by atoms with Gasteiger partial charge in [0.25, 0.3) is 0 Å². The van der Waals surface area contributed by atoms with Gasteiger partial charge in [-0.05, 0) is 62.3 Å². The van der Waals surface area contributed by atoms with Crippen molar-refractivity contribution in [1.29, 1.82) is 0 Å². The van der Waals surface area contributed by atoms with Crippen LogP contribution in [0.3, 0.4) is 0 Å². The van der Waals surface area contributed by atoms with Crippen LogP contribution in [0.15, 0.2) is 53.0 Å². The van der Waals surface area contributed by atoms with Gasteiger partial charge >= 0.3 is 0 Å². The molecular formula is C13H11BrIN. The van der Waals surface area contributed by atoms with Crippen molar-refractivity contribution in [1.82, 2.24) is 0 Å². The molecule has 2 aromatic rings. The molecule has 0 fully saturated rings. The summed E-state index contributed by atoms with van der Waals surface area (Å²) in [6, 6.07) is 16.7. The zero-order valence-corrected chi connectivity index (χ0v) is 12.3. The molecule has 1 nitrogen and oxygen atoms in total. The van der Waals surface area contributed by atoms with Crippen LogP contribution < -0.4 is 5.32 Å². The molecule has 82 valence electrons. The molecule has 0 aliphatic heterocycles. The summed E-state index contributed by atoms with van der Waals surface area (Å²) in [6.07, 6.45) is 0. The third-order valence-corrected chi connectivity index (χ3v) is 4.58. The quantitative estimate of drug-likeness (QED) is 0.755. The van der Waals surface area contributed by atoms with Gasteiger partial charge in [-0.3, -0.25) is 0 Å². The van der Waals surface area contributed by atoms with Gasteiger partial charge in [-0.15, -0.1) is 0 Å². The summed E-state index contributed by atoms with van der Waals surface area (Å²) in [6.45, 7) is 0.860. The third-order valence-electron chi connectivity index (χ3n) is 2.26. The molecule has 0 saturated heterocycles. The number of nitrogens with one attached hydrogen (secondary N) is 1. The van der Waals surface area contributed by atoms with Gasteiger partial charge in [-0.25, -0.2) is 0 Å². The monoisotopic (exact) mass is 387 g/mol. The predicted molar refractivity (Wildman–Crippen MR) is 80.6 cm³/mol. The number of halogens is 2. The molecule has 0 heterocycles. The minimum atomic E-state index is 0.860. The lowest BCUT2D eigenvalue weighted by molar-refractivity contribution is 1.15. The number of hydrogen-bond donors (Lipinski definition) is 1. The number of anilines is 1. The van der Waals surface area contributed by atoms with Crippen molar-refractivity contribution < 1.29 is 0 Å². The van der Waals surface area contributed by atoms with Crippen LogP contribution in [0.2, 0.25) is 0 Å². The van der Waals surface area contributed by atoms with Crippen molar-refractivity contribution in [2.75, 3.05) is 5.32 Å². The van der Waals surface area contributed by atoms with Gasteiger partial charge in [0.05, 0.1) is 0 Å². The highest BCUT2D eigenvalue weighted by Crippen LogP contribution is 2.22. The Hall–Kier alpha value is -0.550. The Morgan fingerprint density at radius 3 is 2.50 bits per heavy atom. The first kappa shape index (κ1) is 11.9. The Bertz CT molecular complexity index is 471. The van der Waals surface area contributed by atoms with Crippen LogP contribution in [-0.2, 0) is 6.54 Å². The minimum Gasteiger partial charge on any atom is -0.381 e. The van der Waals surface area contributed by atoms with Crippen molar-refractivity contribution in [3.05, 3.63) is 62.1 Å². The zero-order valence-electron chi connectivity index (χ0n) is 8.58. The first-order chi connectivity index (χ1) is 7.75. The highest BCUT2D eigenvalue weighted by Gasteiger charge is 1.98. The van der Waals surface area contributed by atoms with E-state index in [1.54, 1.807) is 0 Å². The Morgan fingerprint density at radius 2 is 1.81 bits per heavy atom. The maximum absolute atomic E-state index is 3.49. The average Bonchev–Trinajstić information content (AvgIpc) is 2.32. The highest BCUT2D eigenvalue weighted by atomic mass is 127. The second-order valence-electron chi connectivity index (χ2n) is 3.47. The molecule has 0 atom stereocenters. The third kappa shape index (κ3) is 3.22. The first-order valence-electron chi connectivity index (χ1n) is 4.98. The molecular weight excluding hydrogens is 377 g/mol. The molecule has 0 radical (unpaired) electrons. The summed E-state index contributed by atoms with van der Waals surface area (Å²) in [7, 11) is 0. The second kappa shape index (κ2) is 5.68. The summed E-state index contributed by atoms with van der Waals surface area (Å²) in [5, 5.41) is 3.40. The maximum Gasteiger partial charge on any atom is 0.0400 e. The zero-order chi connectivity index (χ0) is 11.4. The fourth-order valence-corrected chi connectivity index (χ4v) is 2.17. The van der Waals surface area contributed by atoms with Gasteiger partial charge in [0.1, 0.15) is 0 Å². The van der Waals surface area contributed by atoms with E-state index in [-0.39, 0.29) is 0 Å². The van der Waals surface area contributed by atoms with E-state index < -0.39 is 0 Å². The standard InChI is InChI=1S/C13H11BrIN/c14-12-7-6-11(8-13(12)15)16-9-10-4-2-1-3-5-10/h1-8,16H,9H2. The molecule has 1 N–H and O–H groups in total. The van der Waals surface area contributed by atoms with Gasteiger partial charge in [-0.2, -0.15) is 0 Å². The van der Waals surface area contributed by atoms with E-state index >= 15 is 0 Å². The van der Waals surface area contributed by atoms with Crippen molar-refractivity contribution in [3.8, 4) is 0 Å². The van der Waals surface area contributed by atoms with Crippen LogP contribution in [0, 0.1) is 3.57 Å². The first-order valence-corrected chi connectivity index (χ1v) is 6.86. The van der Waals surface area contributed by atoms with E-state index in [1.807, 2.05) is 6.07 Å². The SMILES string of the molecule is Brc1ccc(NCc2ccccc2)cc1I. The molecule has 0 unspecified atom stereocenters. The largest absolute Gasteiger partial charge is 0.381 e. The molecule has 0 aromatic heterocycles. The van der Waals surface area contributed by atoms with E-state index in [1.165, 1.54) is 9.13 Å². The molecule has 16 heavy (non-hydrogen) atoms. The van der Waals surface area contributed by atoms with Crippen molar-refractivity contribution >= 4 is 44.2 Å². The summed E-state index contributed by atoms with van der Waals surface area (Å²) >= 11 is 5.81. The van der Waals surface area contributed by atoms with Crippen LogP contribution in [0.25, 0.3) is 0 Å². The van der Waals surface area contributed by atoms with E-state index in [9.17, 15) is 0 Å². The molecule has 0 saturated carbocycles. The molecule has 2 rings (SSSR count). The lowest BCUT2D eigenvalue weighted by Crippen LogP contribution is -1.99. The number of benzene rings is 2. The fourth-order valence-electron chi connectivity index (χ4n) is 1.41. The molecule has 0 amide bonds. The highest BCUT2D eigenvalue weighted by molar-refractivity contribution is 14.1. The van der Waals surface area contributed by atoms with Crippen LogP contribution >= 0.6 is 38.5 Å². The normalized spacial score (nSPS) is 10.1. The summed E-state index contributed by atoms with van der Waals surface area (Å²) in [5.74, 6) is 0. The molecule has 0 aliphatic rings. The van der Waals surface area contributed by atoms with E-state index in [4.69, 9.17) is 0 Å². The molecule has 0 spiro atoms. The molecule has 2 aromatic carbocycles. The molecule has 0 aliphatic carbocycles. The van der Waals surface area contributed by atoms with Gasteiger partial charge in [-0.1, -0.05) is 30.3 Å². The molecule has 0 bridgehead atoms. The fraction of sp³-hybridized carbons (Fsp3) is 0.0769. The topological polar surface area (TPSA) is 12.0 Å². The Labute approximate surface area is 118 Å². The Balaban J connectivity index is 2.03. The van der Waals surface area contributed by atoms with Crippen LogP contribution in [0.4, 0.5) is 5.69 Å². The predicted octanol–water partition coefficient (Wildman–Crippen LogP) is 4.67. The van der Waals surface area contributed by atoms with Crippen molar-refractivity contribution in [3.63, 3.8) is 0 Å². The van der Waals surface area contributed by atoms with E-state index in [0.717, 1.165) is 16.7 Å².